The Morgan fingerprint density at radius 2 is 1.82 bits per heavy atom. The maximum atomic E-state index is 14.6. The van der Waals surface area contributed by atoms with Gasteiger partial charge in [-0.1, -0.05) is 6.07 Å². The van der Waals surface area contributed by atoms with Gasteiger partial charge in [-0.2, -0.15) is 14.6 Å². The summed E-state index contributed by atoms with van der Waals surface area (Å²) >= 11 is 0. The number of ether oxygens (including phenoxy) is 2. The van der Waals surface area contributed by atoms with Gasteiger partial charge in [0.05, 0.1) is 25.1 Å². The molecule has 0 bridgehead atoms. The molecular formula is C28H29F2N5O4. The molecule has 1 aromatic carbocycles. The molecule has 0 radical (unpaired) electrons. The Labute approximate surface area is 223 Å². The maximum absolute atomic E-state index is 14.6. The number of unbranched alkanes of at least 4 members (excludes halogenated alkanes) is 1. The first-order chi connectivity index (χ1) is 19.0. The number of methoxy groups -OCH3 is 1. The molecule has 3 heterocycles. The molecule has 11 heteroatoms. The fraction of sp³-hybridized carbons (Fsp3) is 0.393. The van der Waals surface area contributed by atoms with Gasteiger partial charge in [-0.3, -0.25) is 14.6 Å². The lowest BCUT2D eigenvalue weighted by Crippen LogP contribution is -2.39. The van der Waals surface area contributed by atoms with Gasteiger partial charge >= 0.3 is 0 Å². The fourth-order valence-electron chi connectivity index (χ4n) is 4.93. The Morgan fingerprint density at radius 3 is 2.62 bits per heavy atom. The van der Waals surface area contributed by atoms with Crippen molar-refractivity contribution in [1.82, 2.24) is 15.4 Å². The Morgan fingerprint density at radius 1 is 0.974 bits per heavy atom. The molecule has 3 aliphatic rings. The number of aromatic nitrogens is 1. The number of pyridine rings is 1. The molecule has 39 heavy (non-hydrogen) atoms. The Hall–Kier alpha value is -4.15. The van der Waals surface area contributed by atoms with E-state index in [9.17, 15) is 18.4 Å². The van der Waals surface area contributed by atoms with Crippen LogP contribution in [0, 0.1) is 11.6 Å². The summed E-state index contributed by atoms with van der Waals surface area (Å²) in [6.07, 6.45) is 5.68. The monoisotopic (exact) mass is 537 g/mol. The number of fused-ring (bicyclic) bond motifs is 1. The van der Waals surface area contributed by atoms with Gasteiger partial charge in [0.25, 0.3) is 0 Å². The first-order valence-electron chi connectivity index (χ1n) is 13.0. The summed E-state index contributed by atoms with van der Waals surface area (Å²) in [7, 11) is 1.65. The van der Waals surface area contributed by atoms with Gasteiger partial charge in [0.2, 0.25) is 17.6 Å². The van der Waals surface area contributed by atoms with Crippen molar-refractivity contribution in [3.63, 3.8) is 0 Å². The molecule has 1 aromatic heterocycles. The van der Waals surface area contributed by atoms with Crippen molar-refractivity contribution in [2.45, 2.75) is 51.4 Å². The van der Waals surface area contributed by atoms with Crippen molar-refractivity contribution in [3.8, 4) is 5.75 Å². The molecule has 0 unspecified atom stereocenters. The van der Waals surface area contributed by atoms with Crippen LogP contribution in [0.2, 0.25) is 0 Å². The summed E-state index contributed by atoms with van der Waals surface area (Å²) in [6.45, 7) is 0.549. The number of hydrazone groups is 2. The lowest BCUT2D eigenvalue weighted by molar-refractivity contribution is -0.131. The molecular weight excluding hydrogens is 508 g/mol. The summed E-state index contributed by atoms with van der Waals surface area (Å²) in [4.78, 5) is 28.3. The first-order valence-corrected chi connectivity index (χ1v) is 13.0. The van der Waals surface area contributed by atoms with Crippen molar-refractivity contribution >= 4 is 34.6 Å². The Balaban J connectivity index is 1.20. The minimum Gasteiger partial charge on any atom is -0.499 e. The van der Waals surface area contributed by atoms with Crippen LogP contribution in [0.1, 0.15) is 56.9 Å². The summed E-state index contributed by atoms with van der Waals surface area (Å²) in [5.74, 6) is -1.81. The van der Waals surface area contributed by atoms with E-state index in [1.165, 1.54) is 17.1 Å². The van der Waals surface area contributed by atoms with E-state index in [2.05, 4.69) is 20.6 Å². The first kappa shape index (κ1) is 26.5. The number of hydrogen-bond acceptors (Lipinski definition) is 7. The maximum Gasteiger partial charge on any atom is 0.243 e. The zero-order chi connectivity index (χ0) is 27.4. The zero-order valence-electron chi connectivity index (χ0n) is 21.6. The molecule has 0 saturated heterocycles. The second kappa shape index (κ2) is 11.7. The minimum atomic E-state index is -1.10. The van der Waals surface area contributed by atoms with Gasteiger partial charge in [0, 0.05) is 55.6 Å². The van der Waals surface area contributed by atoms with Crippen LogP contribution in [-0.2, 0) is 14.3 Å². The minimum absolute atomic E-state index is 0.00250. The van der Waals surface area contributed by atoms with E-state index in [0.717, 1.165) is 40.5 Å². The second-order valence-corrected chi connectivity index (χ2v) is 9.46. The third-order valence-corrected chi connectivity index (χ3v) is 6.98. The molecule has 0 spiro atoms. The van der Waals surface area contributed by atoms with Gasteiger partial charge in [0.1, 0.15) is 11.1 Å². The second-order valence-electron chi connectivity index (χ2n) is 9.46. The number of benzene rings is 1. The van der Waals surface area contributed by atoms with Crippen LogP contribution in [-0.4, -0.2) is 53.5 Å². The lowest BCUT2D eigenvalue weighted by atomic mass is 9.94. The highest BCUT2D eigenvalue weighted by Gasteiger charge is 2.25. The average Bonchev–Trinajstić information content (AvgIpc) is 2.96. The van der Waals surface area contributed by atoms with E-state index in [0.29, 0.717) is 32.2 Å². The van der Waals surface area contributed by atoms with Gasteiger partial charge in [-0.15, -0.1) is 0 Å². The van der Waals surface area contributed by atoms with E-state index in [4.69, 9.17) is 9.47 Å². The van der Waals surface area contributed by atoms with Crippen LogP contribution >= 0.6 is 0 Å². The topological polar surface area (TPSA) is 105 Å². The van der Waals surface area contributed by atoms with Crippen LogP contribution in [0.3, 0.4) is 0 Å². The molecule has 204 valence electrons. The van der Waals surface area contributed by atoms with Gasteiger partial charge < -0.3 is 9.47 Å². The van der Waals surface area contributed by atoms with Crippen molar-refractivity contribution in [3.05, 3.63) is 58.2 Å². The van der Waals surface area contributed by atoms with Gasteiger partial charge in [0.15, 0.2) is 11.6 Å². The highest BCUT2D eigenvalue weighted by molar-refractivity contribution is 6.20. The van der Waals surface area contributed by atoms with Crippen LogP contribution in [0.25, 0.3) is 11.3 Å². The third kappa shape index (κ3) is 5.67. The largest absolute Gasteiger partial charge is 0.499 e. The van der Waals surface area contributed by atoms with E-state index in [1.54, 1.807) is 13.3 Å². The van der Waals surface area contributed by atoms with Crippen molar-refractivity contribution < 1.29 is 27.8 Å². The SMILES string of the molecule is COC1=c2ncccc2=C(C2=NN(CCCCOc3ccc(C4=NNC(=O)CC4)c(F)c3F)C(=O)CC2)CC1. The highest BCUT2D eigenvalue weighted by Crippen LogP contribution is 2.26. The smallest absolute Gasteiger partial charge is 0.243 e. The Kier molecular flexibility index (Phi) is 7.94. The quantitative estimate of drug-likeness (QED) is 0.495. The lowest BCUT2D eigenvalue weighted by Gasteiger charge is -2.26. The molecule has 0 saturated carbocycles. The number of amides is 2. The summed E-state index contributed by atoms with van der Waals surface area (Å²) in [6, 6.07) is 6.65. The average molecular weight is 538 g/mol. The summed E-state index contributed by atoms with van der Waals surface area (Å²) in [5.41, 5.74) is 4.54. The molecule has 9 nitrogen and oxygen atoms in total. The predicted molar refractivity (Wildman–Crippen MR) is 140 cm³/mol. The standard InChI is InChI=1S/C28H29F2N5O4/c1-38-23-11-6-17(18-5-4-14-31-28(18)23)21-9-13-25(37)35(34-21)15-2-3-16-39-22-10-7-19(26(29)27(22)30)20-8-12-24(36)33-32-20/h4-5,7,10,14H,2-3,6,8-9,11-13,15-16H2,1H3,(H,33,36). The van der Waals surface area contributed by atoms with Crippen molar-refractivity contribution in [1.29, 1.82) is 0 Å². The van der Waals surface area contributed by atoms with Crippen molar-refractivity contribution in [2.24, 2.45) is 10.2 Å². The third-order valence-electron chi connectivity index (χ3n) is 6.98. The number of nitrogens with zero attached hydrogens (tertiary/aromatic N) is 4. The van der Waals surface area contributed by atoms with E-state index < -0.39 is 11.6 Å². The van der Waals surface area contributed by atoms with Crippen LogP contribution in [0.5, 0.6) is 5.75 Å². The number of hydrogen-bond donors (Lipinski definition) is 1. The normalized spacial score (nSPS) is 17.4. The molecule has 2 aromatic rings. The zero-order valence-corrected chi connectivity index (χ0v) is 21.6. The van der Waals surface area contributed by atoms with Crippen LogP contribution in [0.15, 0.2) is 40.7 Å². The van der Waals surface area contributed by atoms with Crippen LogP contribution in [0.4, 0.5) is 8.78 Å². The number of nitrogens with one attached hydrogen (secondary N) is 1. The van der Waals surface area contributed by atoms with E-state index >= 15 is 0 Å². The number of halogens is 2. The molecule has 0 atom stereocenters. The number of rotatable bonds is 9. The molecule has 0 fully saturated rings. The molecule has 1 N–H and O–H groups in total. The summed E-state index contributed by atoms with van der Waals surface area (Å²) in [5, 5.41) is 11.8. The summed E-state index contributed by atoms with van der Waals surface area (Å²) < 4.78 is 40.2. The molecule has 2 aliphatic heterocycles. The molecule has 1 aliphatic carbocycles. The highest BCUT2D eigenvalue weighted by atomic mass is 19.2. The van der Waals surface area contributed by atoms with E-state index in [-0.39, 0.29) is 48.3 Å². The van der Waals surface area contributed by atoms with E-state index in [1.807, 2.05) is 12.1 Å². The predicted octanol–water partition coefficient (Wildman–Crippen LogP) is 2.51. The fourth-order valence-corrected chi connectivity index (χ4v) is 4.93. The molecule has 2 amide bonds. The Bertz CT molecular complexity index is 1490. The number of carbonyl (C=O) groups is 2. The molecule has 5 rings (SSSR count). The van der Waals surface area contributed by atoms with Crippen LogP contribution < -0.4 is 20.7 Å². The van der Waals surface area contributed by atoms with Gasteiger partial charge in [-0.25, -0.2) is 14.8 Å². The number of carbonyl (C=O) groups excluding carboxylic acids is 2. The van der Waals surface area contributed by atoms with Crippen molar-refractivity contribution in [2.75, 3.05) is 20.3 Å². The van der Waals surface area contributed by atoms with Gasteiger partial charge in [-0.05, 0) is 43.0 Å².